The van der Waals surface area contributed by atoms with E-state index in [0.29, 0.717) is 0 Å². The Hall–Kier alpha value is -1.76. The summed E-state index contributed by atoms with van der Waals surface area (Å²) in [5, 5.41) is 2.93. The molecule has 0 saturated heterocycles. The van der Waals surface area contributed by atoms with E-state index in [1.165, 1.54) is 0 Å². The largest absolute Gasteiger partial charge is 0.416 e. The van der Waals surface area contributed by atoms with Gasteiger partial charge in [0, 0.05) is 10.5 Å². The minimum absolute atomic E-state index is 0.0924. The molecule has 1 atom stereocenters. The summed E-state index contributed by atoms with van der Waals surface area (Å²) in [5.41, 5.74) is 5.53. The number of benzene rings is 1. The average molecular weight is 360 g/mol. The van der Waals surface area contributed by atoms with Gasteiger partial charge in [-0.05, 0) is 36.8 Å². The molecular weight excluding hydrogens is 347 g/mol. The van der Waals surface area contributed by atoms with E-state index in [1.807, 2.05) is 31.2 Å². The van der Waals surface area contributed by atoms with Crippen molar-refractivity contribution < 1.29 is 13.2 Å². The molecule has 0 bridgehead atoms. The van der Waals surface area contributed by atoms with Gasteiger partial charge < -0.3 is 11.1 Å². The summed E-state index contributed by atoms with van der Waals surface area (Å²) in [6, 6.07) is 9.04. The minimum Gasteiger partial charge on any atom is -0.384 e. The molecule has 2 aromatic rings. The monoisotopic (exact) mass is 359 g/mol. The molecule has 0 amide bonds. The summed E-state index contributed by atoms with van der Waals surface area (Å²) in [6.07, 6.45) is -4.45. The zero-order chi connectivity index (χ0) is 15.6. The van der Waals surface area contributed by atoms with E-state index in [1.54, 1.807) is 0 Å². The Morgan fingerprint density at radius 1 is 1.24 bits per heavy atom. The second-order valence-corrected chi connectivity index (χ2v) is 5.50. The van der Waals surface area contributed by atoms with Crippen LogP contribution in [0.15, 0.2) is 40.9 Å². The van der Waals surface area contributed by atoms with Crippen LogP contribution in [0.1, 0.15) is 24.1 Å². The number of pyridine rings is 1. The lowest BCUT2D eigenvalue weighted by Crippen LogP contribution is -2.12. The second-order valence-electron chi connectivity index (χ2n) is 4.58. The first kappa shape index (κ1) is 15.6. The van der Waals surface area contributed by atoms with Gasteiger partial charge in [0.15, 0.2) is 0 Å². The number of nitrogens with one attached hydrogen (secondary N) is 1. The molecule has 0 saturated carbocycles. The van der Waals surface area contributed by atoms with Crippen LogP contribution in [0, 0.1) is 0 Å². The van der Waals surface area contributed by atoms with Gasteiger partial charge in [-0.3, -0.25) is 0 Å². The quantitative estimate of drug-likeness (QED) is 0.840. The van der Waals surface area contributed by atoms with Crippen molar-refractivity contribution in [2.24, 2.45) is 0 Å². The van der Waals surface area contributed by atoms with Crippen molar-refractivity contribution in [3.05, 3.63) is 52.0 Å². The lowest BCUT2D eigenvalue weighted by Gasteiger charge is -2.17. The van der Waals surface area contributed by atoms with Crippen LogP contribution < -0.4 is 11.1 Å². The van der Waals surface area contributed by atoms with Crippen LogP contribution in [-0.2, 0) is 6.18 Å². The molecule has 0 aliphatic rings. The van der Waals surface area contributed by atoms with Crippen LogP contribution in [0.5, 0.6) is 0 Å². The van der Waals surface area contributed by atoms with Crippen LogP contribution in [0.25, 0.3) is 0 Å². The third-order valence-corrected chi connectivity index (χ3v) is 3.38. The maximum Gasteiger partial charge on any atom is 0.416 e. The number of hydrogen-bond donors (Lipinski definition) is 2. The maximum atomic E-state index is 12.7. The Morgan fingerprint density at radius 2 is 1.95 bits per heavy atom. The van der Waals surface area contributed by atoms with Gasteiger partial charge in [0.1, 0.15) is 11.6 Å². The summed E-state index contributed by atoms with van der Waals surface area (Å²) in [5.74, 6) is -0.0800. The van der Waals surface area contributed by atoms with E-state index < -0.39 is 11.7 Å². The maximum absolute atomic E-state index is 12.7. The number of nitrogens with two attached hydrogens (primary N) is 1. The Morgan fingerprint density at radius 3 is 2.57 bits per heavy atom. The molecule has 0 aliphatic heterocycles. The number of nitrogen functional groups attached to an aromatic ring is 1. The zero-order valence-electron chi connectivity index (χ0n) is 11.1. The third kappa shape index (κ3) is 4.10. The van der Waals surface area contributed by atoms with Crippen molar-refractivity contribution in [1.29, 1.82) is 0 Å². The molecule has 7 heteroatoms. The number of aromatic nitrogens is 1. The molecule has 1 aromatic carbocycles. The highest BCUT2D eigenvalue weighted by Gasteiger charge is 2.31. The van der Waals surface area contributed by atoms with Crippen LogP contribution >= 0.6 is 15.9 Å². The molecule has 0 aliphatic carbocycles. The molecule has 21 heavy (non-hydrogen) atoms. The SMILES string of the molecule is CC(Nc1cc(C(F)(F)F)cc(N)n1)c1cccc(Br)c1. The van der Waals surface area contributed by atoms with Crippen molar-refractivity contribution in [2.45, 2.75) is 19.1 Å². The zero-order valence-corrected chi connectivity index (χ0v) is 12.7. The highest BCUT2D eigenvalue weighted by atomic mass is 79.9. The third-order valence-electron chi connectivity index (χ3n) is 2.89. The summed E-state index contributed by atoms with van der Waals surface area (Å²) >= 11 is 3.35. The number of hydrogen-bond acceptors (Lipinski definition) is 3. The fraction of sp³-hybridized carbons (Fsp3) is 0.214. The molecule has 1 heterocycles. The fourth-order valence-electron chi connectivity index (χ4n) is 1.87. The van der Waals surface area contributed by atoms with Crippen LogP contribution in [0.2, 0.25) is 0 Å². The summed E-state index contributed by atoms with van der Waals surface area (Å²) < 4.78 is 39.1. The normalized spacial score (nSPS) is 13.0. The van der Waals surface area contributed by atoms with Gasteiger partial charge >= 0.3 is 6.18 Å². The molecule has 2 rings (SSSR count). The summed E-state index contributed by atoms with van der Waals surface area (Å²) in [6.45, 7) is 1.83. The molecule has 1 aromatic heterocycles. The molecule has 3 nitrogen and oxygen atoms in total. The van der Waals surface area contributed by atoms with Gasteiger partial charge in [0.25, 0.3) is 0 Å². The van der Waals surface area contributed by atoms with E-state index in [-0.39, 0.29) is 17.7 Å². The lowest BCUT2D eigenvalue weighted by atomic mass is 10.1. The van der Waals surface area contributed by atoms with Crippen molar-refractivity contribution in [3.63, 3.8) is 0 Å². The van der Waals surface area contributed by atoms with E-state index in [2.05, 4.69) is 26.2 Å². The van der Waals surface area contributed by atoms with E-state index in [4.69, 9.17) is 5.73 Å². The first-order valence-corrected chi connectivity index (χ1v) is 6.92. The van der Waals surface area contributed by atoms with Crippen molar-refractivity contribution >= 4 is 27.6 Å². The molecular formula is C14H13BrF3N3. The molecule has 0 radical (unpaired) electrons. The Kier molecular flexibility index (Phi) is 4.41. The number of rotatable bonds is 3. The smallest absolute Gasteiger partial charge is 0.384 e. The number of halogens is 4. The molecule has 112 valence electrons. The summed E-state index contributed by atoms with van der Waals surface area (Å²) in [7, 11) is 0. The van der Waals surface area contributed by atoms with Crippen LogP contribution in [-0.4, -0.2) is 4.98 Å². The fourth-order valence-corrected chi connectivity index (χ4v) is 2.29. The summed E-state index contributed by atoms with van der Waals surface area (Å²) in [4.78, 5) is 3.89. The van der Waals surface area contributed by atoms with Crippen molar-refractivity contribution in [3.8, 4) is 0 Å². The Labute approximate surface area is 128 Å². The molecule has 0 spiro atoms. The van der Waals surface area contributed by atoms with E-state index in [0.717, 1.165) is 22.2 Å². The van der Waals surface area contributed by atoms with Crippen molar-refractivity contribution in [2.75, 3.05) is 11.1 Å². The van der Waals surface area contributed by atoms with Gasteiger partial charge in [0.2, 0.25) is 0 Å². The molecule has 0 fully saturated rings. The molecule has 1 unspecified atom stereocenters. The number of alkyl halides is 3. The number of anilines is 2. The number of nitrogens with zero attached hydrogens (tertiary/aromatic N) is 1. The standard InChI is InChI=1S/C14H13BrF3N3/c1-8(9-3-2-4-11(15)5-9)20-13-7-10(14(16,17)18)6-12(19)21-13/h2-8H,1H3,(H3,19,20,21). The highest BCUT2D eigenvalue weighted by Crippen LogP contribution is 2.32. The van der Waals surface area contributed by atoms with Gasteiger partial charge in [-0.15, -0.1) is 0 Å². The van der Waals surface area contributed by atoms with Gasteiger partial charge in [0.05, 0.1) is 5.56 Å². The van der Waals surface area contributed by atoms with Gasteiger partial charge in [-0.2, -0.15) is 13.2 Å². The highest BCUT2D eigenvalue weighted by molar-refractivity contribution is 9.10. The first-order chi connectivity index (χ1) is 9.75. The predicted octanol–water partition coefficient (Wildman–Crippen LogP) is 4.62. The Bertz CT molecular complexity index is 644. The van der Waals surface area contributed by atoms with Crippen LogP contribution in [0.4, 0.5) is 24.8 Å². The van der Waals surface area contributed by atoms with E-state index >= 15 is 0 Å². The van der Waals surface area contributed by atoms with Crippen LogP contribution in [0.3, 0.4) is 0 Å². The topological polar surface area (TPSA) is 50.9 Å². The predicted molar refractivity (Wildman–Crippen MR) is 79.8 cm³/mol. The second kappa shape index (κ2) is 5.93. The first-order valence-electron chi connectivity index (χ1n) is 6.12. The minimum atomic E-state index is -4.45. The van der Waals surface area contributed by atoms with Gasteiger partial charge in [-0.25, -0.2) is 4.98 Å². The molecule has 3 N–H and O–H groups in total. The van der Waals surface area contributed by atoms with E-state index in [9.17, 15) is 13.2 Å². The average Bonchev–Trinajstić information content (AvgIpc) is 2.37. The lowest BCUT2D eigenvalue weighted by molar-refractivity contribution is -0.137. The van der Waals surface area contributed by atoms with Crippen molar-refractivity contribution in [1.82, 2.24) is 4.98 Å². The Balaban J connectivity index is 2.25. The van der Waals surface area contributed by atoms with Gasteiger partial charge in [-0.1, -0.05) is 28.1 Å².